The molecule has 0 spiro atoms. The summed E-state index contributed by atoms with van der Waals surface area (Å²) in [5.74, 6) is 0.409. The number of anilines is 2. The number of pyridine rings is 1. The first-order valence-corrected chi connectivity index (χ1v) is 5.85. The molecule has 2 heterocycles. The number of nitrogen functional groups attached to an aromatic ring is 2. The van der Waals surface area contributed by atoms with Gasteiger partial charge in [0, 0.05) is 11.9 Å². The molecule has 0 aliphatic carbocycles. The first-order valence-electron chi connectivity index (χ1n) is 4.97. The lowest BCUT2D eigenvalue weighted by Gasteiger charge is -2.13. The second-order valence-electron chi connectivity index (χ2n) is 3.64. The average molecular weight is 225 g/mol. The van der Waals surface area contributed by atoms with Crippen molar-refractivity contribution in [2.24, 2.45) is 0 Å². The third kappa shape index (κ3) is 2.35. The summed E-state index contributed by atoms with van der Waals surface area (Å²) >= 11 is 1.71. The highest BCUT2D eigenvalue weighted by atomic mass is 32.2. The molecule has 1 aliphatic rings. The molecular weight excluding hydrogens is 210 g/mol. The van der Waals surface area contributed by atoms with Gasteiger partial charge in [-0.25, -0.2) is 4.98 Å². The number of nitrogens with two attached hydrogens (primary N) is 2. The van der Waals surface area contributed by atoms with Gasteiger partial charge in [0.2, 0.25) is 0 Å². The topological polar surface area (TPSA) is 74.2 Å². The standard InChI is InChI=1S/C10H15N3OS/c1-6-8(4-5-14-6)15-9-3-2-7(11)10(12)13-9/h2-3,6,8H,4-5,11H2,1H3,(H2,12,13). The Balaban J connectivity index is 2.07. The molecule has 4 N–H and O–H groups in total. The summed E-state index contributed by atoms with van der Waals surface area (Å²) in [6.45, 7) is 2.93. The Morgan fingerprint density at radius 3 is 2.87 bits per heavy atom. The number of aromatic nitrogens is 1. The van der Waals surface area contributed by atoms with E-state index in [1.165, 1.54) is 0 Å². The maximum absolute atomic E-state index is 5.65. The summed E-state index contributed by atoms with van der Waals surface area (Å²) < 4.78 is 5.49. The van der Waals surface area contributed by atoms with Gasteiger partial charge in [-0.3, -0.25) is 0 Å². The lowest BCUT2D eigenvalue weighted by molar-refractivity contribution is 0.127. The van der Waals surface area contributed by atoms with Gasteiger partial charge < -0.3 is 16.2 Å². The molecule has 5 heteroatoms. The average Bonchev–Trinajstić information content (AvgIpc) is 2.59. The van der Waals surface area contributed by atoms with Crippen LogP contribution in [0.3, 0.4) is 0 Å². The minimum Gasteiger partial charge on any atom is -0.396 e. The van der Waals surface area contributed by atoms with Gasteiger partial charge in [0.1, 0.15) is 5.82 Å². The van der Waals surface area contributed by atoms with Crippen molar-refractivity contribution >= 4 is 23.3 Å². The number of nitrogens with zero attached hydrogens (tertiary/aromatic N) is 1. The fraction of sp³-hybridized carbons (Fsp3) is 0.500. The van der Waals surface area contributed by atoms with Crippen molar-refractivity contribution < 1.29 is 4.74 Å². The molecule has 0 saturated carbocycles. The minimum atomic E-state index is 0.288. The van der Waals surface area contributed by atoms with Gasteiger partial charge in [-0.05, 0) is 25.5 Å². The summed E-state index contributed by atoms with van der Waals surface area (Å²) in [6.07, 6.45) is 1.35. The van der Waals surface area contributed by atoms with Crippen molar-refractivity contribution in [2.45, 2.75) is 29.7 Å². The second kappa shape index (κ2) is 4.28. The Morgan fingerprint density at radius 2 is 2.27 bits per heavy atom. The maximum Gasteiger partial charge on any atom is 0.147 e. The predicted octanol–water partition coefficient (Wildman–Crippen LogP) is 1.52. The second-order valence-corrected chi connectivity index (χ2v) is 4.90. The van der Waals surface area contributed by atoms with E-state index < -0.39 is 0 Å². The number of thioether (sulfide) groups is 1. The third-order valence-corrected chi connectivity index (χ3v) is 3.90. The summed E-state index contributed by atoms with van der Waals surface area (Å²) in [5, 5.41) is 1.39. The lowest BCUT2D eigenvalue weighted by Crippen LogP contribution is -2.13. The fourth-order valence-electron chi connectivity index (χ4n) is 1.55. The molecule has 82 valence electrons. The normalized spacial score (nSPS) is 25.7. The zero-order valence-electron chi connectivity index (χ0n) is 8.64. The molecule has 0 bridgehead atoms. The molecule has 15 heavy (non-hydrogen) atoms. The van der Waals surface area contributed by atoms with E-state index >= 15 is 0 Å². The Bertz CT molecular complexity index is 359. The Labute approximate surface area is 93.4 Å². The maximum atomic E-state index is 5.65. The number of ether oxygens (including phenoxy) is 1. The highest BCUT2D eigenvalue weighted by Crippen LogP contribution is 2.32. The molecule has 0 aromatic carbocycles. The number of hydrogen-bond acceptors (Lipinski definition) is 5. The third-order valence-electron chi connectivity index (χ3n) is 2.51. The Morgan fingerprint density at radius 1 is 1.47 bits per heavy atom. The van der Waals surface area contributed by atoms with Crippen LogP contribution in [0.1, 0.15) is 13.3 Å². The molecule has 1 saturated heterocycles. The first kappa shape index (κ1) is 10.6. The molecule has 1 aliphatic heterocycles. The number of hydrogen-bond donors (Lipinski definition) is 2. The van der Waals surface area contributed by atoms with Crippen molar-refractivity contribution in [3.63, 3.8) is 0 Å². The van der Waals surface area contributed by atoms with Gasteiger partial charge in [0.25, 0.3) is 0 Å². The monoisotopic (exact) mass is 225 g/mol. The molecule has 2 atom stereocenters. The van der Waals surface area contributed by atoms with Gasteiger partial charge in [-0.1, -0.05) is 0 Å². The van der Waals surface area contributed by atoms with Crippen molar-refractivity contribution in [1.82, 2.24) is 4.98 Å². The molecule has 2 rings (SSSR count). The van der Waals surface area contributed by atoms with E-state index in [1.807, 2.05) is 6.07 Å². The van der Waals surface area contributed by atoms with Gasteiger partial charge in [-0.15, -0.1) is 11.8 Å². The van der Waals surface area contributed by atoms with Crippen LogP contribution >= 0.6 is 11.8 Å². The smallest absolute Gasteiger partial charge is 0.147 e. The van der Waals surface area contributed by atoms with Gasteiger partial charge >= 0.3 is 0 Å². The molecule has 1 aromatic heterocycles. The van der Waals surface area contributed by atoms with Crippen molar-refractivity contribution in [3.8, 4) is 0 Å². The summed E-state index contributed by atoms with van der Waals surface area (Å²) in [5.41, 5.74) is 11.8. The largest absolute Gasteiger partial charge is 0.396 e. The van der Waals surface area contributed by atoms with Gasteiger partial charge in [-0.2, -0.15) is 0 Å². The van der Waals surface area contributed by atoms with Crippen LogP contribution in [0.4, 0.5) is 11.5 Å². The molecular formula is C10H15N3OS. The molecule has 2 unspecified atom stereocenters. The molecule has 0 radical (unpaired) electrons. The first-order chi connectivity index (χ1) is 7.16. The van der Waals surface area contributed by atoms with E-state index in [2.05, 4.69) is 11.9 Å². The highest BCUT2D eigenvalue weighted by Gasteiger charge is 2.25. The van der Waals surface area contributed by atoms with Crippen LogP contribution in [0.2, 0.25) is 0 Å². The SMILES string of the molecule is CC1OCCC1Sc1ccc(N)c(N)n1. The molecule has 4 nitrogen and oxygen atoms in total. The van der Waals surface area contributed by atoms with E-state index in [0.29, 0.717) is 16.8 Å². The minimum absolute atomic E-state index is 0.288. The van der Waals surface area contributed by atoms with Crippen LogP contribution in [0.15, 0.2) is 17.2 Å². The lowest BCUT2D eigenvalue weighted by atomic mass is 10.3. The van der Waals surface area contributed by atoms with Crippen LogP contribution < -0.4 is 11.5 Å². The van der Waals surface area contributed by atoms with E-state index in [9.17, 15) is 0 Å². The number of rotatable bonds is 2. The fourth-order valence-corrected chi connectivity index (χ4v) is 2.65. The van der Waals surface area contributed by atoms with Crippen LogP contribution in [-0.2, 0) is 4.74 Å². The van der Waals surface area contributed by atoms with Crippen LogP contribution in [0.25, 0.3) is 0 Å². The Kier molecular flexibility index (Phi) is 3.02. The van der Waals surface area contributed by atoms with E-state index in [1.54, 1.807) is 17.8 Å². The van der Waals surface area contributed by atoms with Crippen LogP contribution in [0, 0.1) is 0 Å². The van der Waals surface area contributed by atoms with Gasteiger partial charge in [0.05, 0.1) is 16.8 Å². The zero-order chi connectivity index (χ0) is 10.8. The van der Waals surface area contributed by atoms with E-state index in [4.69, 9.17) is 16.2 Å². The van der Waals surface area contributed by atoms with Crippen molar-refractivity contribution in [2.75, 3.05) is 18.1 Å². The van der Waals surface area contributed by atoms with Crippen molar-refractivity contribution in [3.05, 3.63) is 12.1 Å². The zero-order valence-corrected chi connectivity index (χ0v) is 9.46. The summed E-state index contributed by atoms with van der Waals surface area (Å²) in [6, 6.07) is 3.70. The van der Waals surface area contributed by atoms with Crippen LogP contribution in [0.5, 0.6) is 0 Å². The Hall–Kier alpha value is -0.940. The van der Waals surface area contributed by atoms with Crippen LogP contribution in [-0.4, -0.2) is 22.9 Å². The molecule has 1 fully saturated rings. The van der Waals surface area contributed by atoms with E-state index in [0.717, 1.165) is 18.1 Å². The highest BCUT2D eigenvalue weighted by molar-refractivity contribution is 7.99. The molecule has 1 aromatic rings. The predicted molar refractivity (Wildman–Crippen MR) is 62.7 cm³/mol. The quantitative estimate of drug-likeness (QED) is 0.798. The van der Waals surface area contributed by atoms with Gasteiger partial charge in [0.15, 0.2) is 0 Å². The van der Waals surface area contributed by atoms with Crippen molar-refractivity contribution in [1.29, 1.82) is 0 Å². The summed E-state index contributed by atoms with van der Waals surface area (Å²) in [4.78, 5) is 4.23. The summed E-state index contributed by atoms with van der Waals surface area (Å²) in [7, 11) is 0. The molecule has 0 amide bonds. The van der Waals surface area contributed by atoms with E-state index in [-0.39, 0.29) is 6.10 Å².